The molecule has 0 bridgehead atoms. The second kappa shape index (κ2) is 4.15. The summed E-state index contributed by atoms with van der Waals surface area (Å²) >= 11 is 1.50. The van der Waals surface area contributed by atoms with E-state index in [-0.39, 0.29) is 5.82 Å². The summed E-state index contributed by atoms with van der Waals surface area (Å²) in [5.74, 6) is -0.0996. The quantitative estimate of drug-likeness (QED) is 0.855. The van der Waals surface area contributed by atoms with E-state index in [1.807, 2.05) is 6.07 Å². The van der Waals surface area contributed by atoms with Crippen molar-refractivity contribution in [1.29, 1.82) is 0 Å². The average molecular weight is 235 g/mol. The first-order valence-corrected chi connectivity index (χ1v) is 6.60. The highest BCUT2D eigenvalue weighted by atomic mass is 32.1. The first kappa shape index (κ1) is 10.2. The van der Waals surface area contributed by atoms with Crippen molar-refractivity contribution >= 4 is 21.4 Å². The third-order valence-corrected chi connectivity index (χ3v) is 4.37. The molecule has 3 rings (SSSR count). The average Bonchev–Trinajstić information content (AvgIpc) is 2.61. The normalized spacial score (nSPS) is 16.6. The van der Waals surface area contributed by atoms with Crippen LogP contribution in [0.5, 0.6) is 0 Å². The Morgan fingerprint density at radius 3 is 3.00 bits per heavy atom. The Morgan fingerprint density at radius 2 is 2.25 bits per heavy atom. The molecule has 1 heterocycles. The number of thiophene rings is 1. The SMILES string of the molecule is Fc1cccc2c(CNC3CCC3)csc12. The molecule has 2 aromatic rings. The van der Waals surface area contributed by atoms with E-state index in [0.717, 1.165) is 16.6 Å². The van der Waals surface area contributed by atoms with Crippen LogP contribution in [0, 0.1) is 5.82 Å². The van der Waals surface area contributed by atoms with Gasteiger partial charge in [0.15, 0.2) is 0 Å². The van der Waals surface area contributed by atoms with E-state index >= 15 is 0 Å². The van der Waals surface area contributed by atoms with Crippen molar-refractivity contribution < 1.29 is 4.39 Å². The lowest BCUT2D eigenvalue weighted by Gasteiger charge is -2.26. The van der Waals surface area contributed by atoms with Crippen molar-refractivity contribution in [2.24, 2.45) is 0 Å². The molecule has 0 radical (unpaired) electrons. The molecule has 1 nitrogen and oxygen atoms in total. The Labute approximate surface area is 98.3 Å². The predicted octanol–water partition coefficient (Wildman–Crippen LogP) is 3.68. The van der Waals surface area contributed by atoms with E-state index in [0.29, 0.717) is 6.04 Å². The van der Waals surface area contributed by atoms with Gasteiger partial charge in [0, 0.05) is 12.6 Å². The number of benzene rings is 1. The fraction of sp³-hybridized carbons (Fsp3) is 0.385. The Balaban J connectivity index is 1.83. The van der Waals surface area contributed by atoms with Crippen LogP contribution in [-0.2, 0) is 6.54 Å². The molecule has 84 valence electrons. The van der Waals surface area contributed by atoms with Crippen molar-refractivity contribution in [1.82, 2.24) is 5.32 Å². The summed E-state index contributed by atoms with van der Waals surface area (Å²) in [6.45, 7) is 0.869. The van der Waals surface area contributed by atoms with E-state index in [2.05, 4.69) is 10.7 Å². The molecule has 0 unspecified atom stereocenters. The molecule has 1 fully saturated rings. The summed E-state index contributed by atoms with van der Waals surface area (Å²) in [5, 5.41) is 6.65. The van der Waals surface area contributed by atoms with Gasteiger partial charge in [-0.25, -0.2) is 4.39 Å². The van der Waals surface area contributed by atoms with Crippen LogP contribution in [0.3, 0.4) is 0 Å². The number of halogens is 1. The van der Waals surface area contributed by atoms with Gasteiger partial charge in [0.1, 0.15) is 5.82 Å². The van der Waals surface area contributed by atoms with E-state index in [1.54, 1.807) is 6.07 Å². The summed E-state index contributed by atoms with van der Waals surface area (Å²) in [5.41, 5.74) is 1.23. The lowest BCUT2D eigenvalue weighted by Crippen LogP contribution is -2.34. The van der Waals surface area contributed by atoms with Gasteiger partial charge < -0.3 is 5.32 Å². The smallest absolute Gasteiger partial charge is 0.140 e. The maximum absolute atomic E-state index is 13.5. The first-order chi connectivity index (χ1) is 7.84. The molecule has 1 aliphatic rings. The minimum Gasteiger partial charge on any atom is -0.310 e. The van der Waals surface area contributed by atoms with Crippen molar-refractivity contribution in [2.45, 2.75) is 31.8 Å². The van der Waals surface area contributed by atoms with Gasteiger partial charge in [-0.15, -0.1) is 11.3 Å². The third kappa shape index (κ3) is 1.74. The fourth-order valence-corrected chi connectivity index (χ4v) is 3.06. The topological polar surface area (TPSA) is 12.0 Å². The molecule has 3 heteroatoms. The molecule has 1 N–H and O–H groups in total. The van der Waals surface area contributed by atoms with Crippen LogP contribution in [0.1, 0.15) is 24.8 Å². The summed E-state index contributed by atoms with van der Waals surface area (Å²) in [6, 6.07) is 6.01. The molecule has 0 aliphatic heterocycles. The molecule has 0 amide bonds. The largest absolute Gasteiger partial charge is 0.310 e. The highest BCUT2D eigenvalue weighted by Crippen LogP contribution is 2.28. The van der Waals surface area contributed by atoms with E-state index < -0.39 is 0 Å². The van der Waals surface area contributed by atoms with Gasteiger partial charge in [0.25, 0.3) is 0 Å². The van der Waals surface area contributed by atoms with Gasteiger partial charge in [0.05, 0.1) is 4.70 Å². The number of hydrogen-bond acceptors (Lipinski definition) is 2. The predicted molar refractivity (Wildman–Crippen MR) is 66.3 cm³/mol. The Morgan fingerprint density at radius 1 is 1.38 bits per heavy atom. The van der Waals surface area contributed by atoms with Crippen LogP contribution < -0.4 is 5.32 Å². The Hall–Kier alpha value is -0.930. The molecule has 1 aliphatic carbocycles. The molecular formula is C13H14FNS. The molecule has 0 spiro atoms. The molecular weight excluding hydrogens is 221 g/mol. The van der Waals surface area contributed by atoms with Gasteiger partial charge in [-0.2, -0.15) is 0 Å². The van der Waals surface area contributed by atoms with Crippen molar-refractivity contribution in [2.75, 3.05) is 0 Å². The van der Waals surface area contributed by atoms with Crippen LogP contribution in [-0.4, -0.2) is 6.04 Å². The molecule has 1 aromatic heterocycles. The minimum absolute atomic E-state index is 0.0996. The van der Waals surface area contributed by atoms with Gasteiger partial charge in [-0.05, 0) is 35.2 Å². The highest BCUT2D eigenvalue weighted by Gasteiger charge is 2.17. The van der Waals surface area contributed by atoms with Gasteiger partial charge in [-0.3, -0.25) is 0 Å². The van der Waals surface area contributed by atoms with Gasteiger partial charge >= 0.3 is 0 Å². The monoisotopic (exact) mass is 235 g/mol. The molecule has 1 aromatic carbocycles. The van der Waals surface area contributed by atoms with Crippen LogP contribution in [0.15, 0.2) is 23.6 Å². The van der Waals surface area contributed by atoms with Crippen LogP contribution in [0.25, 0.3) is 10.1 Å². The Bertz CT molecular complexity index is 502. The molecule has 0 saturated heterocycles. The van der Waals surface area contributed by atoms with Crippen LogP contribution in [0.2, 0.25) is 0 Å². The second-order valence-corrected chi connectivity index (χ2v) is 5.27. The van der Waals surface area contributed by atoms with Gasteiger partial charge in [0.2, 0.25) is 0 Å². The number of rotatable bonds is 3. The standard InChI is InChI=1S/C13H14FNS/c14-12-6-2-5-11-9(8-16-13(11)12)7-15-10-3-1-4-10/h2,5-6,8,10,15H,1,3-4,7H2. The number of nitrogens with one attached hydrogen (secondary N) is 1. The second-order valence-electron chi connectivity index (χ2n) is 4.39. The minimum atomic E-state index is -0.0996. The number of fused-ring (bicyclic) bond motifs is 1. The first-order valence-electron chi connectivity index (χ1n) is 5.72. The lowest BCUT2D eigenvalue weighted by atomic mass is 9.93. The van der Waals surface area contributed by atoms with E-state index in [1.165, 1.54) is 42.2 Å². The highest BCUT2D eigenvalue weighted by molar-refractivity contribution is 7.17. The van der Waals surface area contributed by atoms with E-state index in [4.69, 9.17) is 0 Å². The summed E-state index contributed by atoms with van der Waals surface area (Å²) in [4.78, 5) is 0. The lowest BCUT2D eigenvalue weighted by molar-refractivity contribution is 0.339. The number of hydrogen-bond donors (Lipinski definition) is 1. The third-order valence-electron chi connectivity index (χ3n) is 3.32. The summed E-state index contributed by atoms with van der Waals surface area (Å²) in [7, 11) is 0. The summed E-state index contributed by atoms with van der Waals surface area (Å²) < 4.78 is 14.3. The van der Waals surface area contributed by atoms with Crippen molar-refractivity contribution in [3.8, 4) is 0 Å². The zero-order chi connectivity index (χ0) is 11.0. The van der Waals surface area contributed by atoms with Crippen molar-refractivity contribution in [3.63, 3.8) is 0 Å². The van der Waals surface area contributed by atoms with Crippen molar-refractivity contribution in [3.05, 3.63) is 35.0 Å². The summed E-state index contributed by atoms with van der Waals surface area (Å²) in [6.07, 6.45) is 3.92. The zero-order valence-corrected chi connectivity index (χ0v) is 9.82. The van der Waals surface area contributed by atoms with Crippen LogP contribution in [0.4, 0.5) is 4.39 Å². The maximum atomic E-state index is 13.5. The van der Waals surface area contributed by atoms with E-state index in [9.17, 15) is 4.39 Å². The molecule has 0 atom stereocenters. The van der Waals surface area contributed by atoms with Crippen LogP contribution >= 0.6 is 11.3 Å². The Kier molecular flexibility index (Phi) is 2.65. The molecule has 16 heavy (non-hydrogen) atoms. The van der Waals surface area contributed by atoms with Gasteiger partial charge in [-0.1, -0.05) is 18.6 Å². The molecule has 1 saturated carbocycles. The fourth-order valence-electron chi connectivity index (χ4n) is 2.08. The maximum Gasteiger partial charge on any atom is 0.140 e. The zero-order valence-electron chi connectivity index (χ0n) is 9.00.